The standard InChI is InChI=1S/C15H24BrN/c1-13-12-15(16)10-9-14(13)8-6-4-2-3-5-7-11-17/h9-10,12H,2-8,11,17H2,1H3. The van der Waals surface area contributed by atoms with Crippen LogP contribution >= 0.6 is 15.9 Å². The second kappa shape index (κ2) is 8.71. The molecule has 0 unspecified atom stereocenters. The third-order valence-corrected chi connectivity index (χ3v) is 3.70. The first kappa shape index (κ1) is 14.7. The molecule has 2 heteroatoms. The molecule has 17 heavy (non-hydrogen) atoms. The summed E-state index contributed by atoms with van der Waals surface area (Å²) in [5.74, 6) is 0. The highest BCUT2D eigenvalue weighted by molar-refractivity contribution is 9.10. The van der Waals surface area contributed by atoms with E-state index in [4.69, 9.17) is 5.73 Å². The van der Waals surface area contributed by atoms with Crippen LogP contribution in [-0.2, 0) is 6.42 Å². The molecule has 0 aromatic heterocycles. The number of aryl methyl sites for hydroxylation is 2. The SMILES string of the molecule is Cc1cc(Br)ccc1CCCCCCCCN. The third kappa shape index (κ3) is 6.23. The van der Waals surface area contributed by atoms with Crippen LogP contribution in [0.25, 0.3) is 0 Å². The van der Waals surface area contributed by atoms with E-state index in [0.29, 0.717) is 0 Å². The van der Waals surface area contributed by atoms with Crippen LogP contribution in [0, 0.1) is 6.92 Å². The van der Waals surface area contributed by atoms with E-state index in [9.17, 15) is 0 Å². The van der Waals surface area contributed by atoms with Gasteiger partial charge in [-0.2, -0.15) is 0 Å². The number of hydrogen-bond acceptors (Lipinski definition) is 1. The van der Waals surface area contributed by atoms with Crippen molar-refractivity contribution in [1.82, 2.24) is 0 Å². The van der Waals surface area contributed by atoms with Crippen molar-refractivity contribution < 1.29 is 0 Å². The predicted octanol–water partition coefficient (Wildman–Crippen LogP) is 4.60. The van der Waals surface area contributed by atoms with Gasteiger partial charge in [-0.15, -0.1) is 0 Å². The molecule has 1 aromatic rings. The Kier molecular flexibility index (Phi) is 7.54. The van der Waals surface area contributed by atoms with Gasteiger partial charge in [-0.05, 0) is 56.0 Å². The van der Waals surface area contributed by atoms with E-state index in [0.717, 1.165) is 6.54 Å². The lowest BCUT2D eigenvalue weighted by molar-refractivity contribution is 0.597. The summed E-state index contributed by atoms with van der Waals surface area (Å²) < 4.78 is 1.18. The van der Waals surface area contributed by atoms with E-state index in [2.05, 4.69) is 41.1 Å². The molecule has 0 aliphatic carbocycles. The number of nitrogens with two attached hydrogens (primary N) is 1. The highest BCUT2D eigenvalue weighted by Gasteiger charge is 1.99. The molecule has 96 valence electrons. The van der Waals surface area contributed by atoms with Gasteiger partial charge in [-0.25, -0.2) is 0 Å². The predicted molar refractivity (Wildman–Crippen MR) is 79.3 cm³/mol. The van der Waals surface area contributed by atoms with E-state index in [1.807, 2.05) is 0 Å². The van der Waals surface area contributed by atoms with Crippen molar-refractivity contribution in [1.29, 1.82) is 0 Å². The molecule has 0 saturated carbocycles. The van der Waals surface area contributed by atoms with E-state index < -0.39 is 0 Å². The molecule has 1 nitrogen and oxygen atoms in total. The van der Waals surface area contributed by atoms with Crippen molar-refractivity contribution in [2.75, 3.05) is 6.54 Å². The molecular weight excluding hydrogens is 274 g/mol. The van der Waals surface area contributed by atoms with Crippen molar-refractivity contribution in [2.45, 2.75) is 51.9 Å². The van der Waals surface area contributed by atoms with Crippen molar-refractivity contribution in [3.05, 3.63) is 33.8 Å². The van der Waals surface area contributed by atoms with Gasteiger partial charge in [0.05, 0.1) is 0 Å². The first-order chi connectivity index (χ1) is 8.24. The first-order valence-electron chi connectivity index (χ1n) is 6.69. The topological polar surface area (TPSA) is 26.0 Å². The molecule has 0 amide bonds. The average molecular weight is 298 g/mol. The van der Waals surface area contributed by atoms with Crippen LogP contribution in [0.3, 0.4) is 0 Å². The van der Waals surface area contributed by atoms with E-state index in [1.165, 1.54) is 60.5 Å². The minimum absolute atomic E-state index is 0.845. The van der Waals surface area contributed by atoms with Gasteiger partial charge in [0.15, 0.2) is 0 Å². The molecule has 0 aliphatic rings. The Morgan fingerprint density at radius 1 is 1.00 bits per heavy atom. The average Bonchev–Trinajstić information content (AvgIpc) is 2.30. The summed E-state index contributed by atoms with van der Waals surface area (Å²) in [6.45, 7) is 3.04. The van der Waals surface area contributed by atoms with Gasteiger partial charge < -0.3 is 5.73 Å². The van der Waals surface area contributed by atoms with Crippen LogP contribution in [-0.4, -0.2) is 6.54 Å². The molecular formula is C15H24BrN. The van der Waals surface area contributed by atoms with E-state index >= 15 is 0 Å². The maximum atomic E-state index is 5.47. The molecule has 0 radical (unpaired) electrons. The molecule has 0 saturated heterocycles. The Morgan fingerprint density at radius 2 is 1.65 bits per heavy atom. The normalized spacial score (nSPS) is 10.8. The smallest absolute Gasteiger partial charge is 0.0178 e. The Labute approximate surface area is 114 Å². The second-order valence-corrected chi connectivity index (χ2v) is 5.65. The summed E-state index contributed by atoms with van der Waals surface area (Å²) in [6.07, 6.45) is 9.06. The fraction of sp³-hybridized carbons (Fsp3) is 0.600. The summed E-state index contributed by atoms with van der Waals surface area (Å²) in [6, 6.07) is 6.59. The monoisotopic (exact) mass is 297 g/mol. The number of halogens is 1. The maximum absolute atomic E-state index is 5.47. The Hall–Kier alpha value is -0.340. The third-order valence-electron chi connectivity index (χ3n) is 3.20. The van der Waals surface area contributed by atoms with Gasteiger partial charge in [0.1, 0.15) is 0 Å². The quantitative estimate of drug-likeness (QED) is 0.697. The highest BCUT2D eigenvalue weighted by Crippen LogP contribution is 2.18. The Morgan fingerprint density at radius 3 is 2.29 bits per heavy atom. The summed E-state index contributed by atoms with van der Waals surface area (Å²) in [7, 11) is 0. The van der Waals surface area contributed by atoms with Crippen molar-refractivity contribution in [2.24, 2.45) is 5.73 Å². The second-order valence-electron chi connectivity index (χ2n) is 4.73. The number of rotatable bonds is 8. The van der Waals surface area contributed by atoms with Gasteiger partial charge in [0, 0.05) is 4.47 Å². The van der Waals surface area contributed by atoms with Crippen LogP contribution in [0.15, 0.2) is 22.7 Å². The zero-order valence-corrected chi connectivity index (χ0v) is 12.4. The molecule has 0 aliphatic heterocycles. The van der Waals surface area contributed by atoms with Crippen LogP contribution in [0.2, 0.25) is 0 Å². The maximum Gasteiger partial charge on any atom is 0.0178 e. The molecule has 1 aromatic carbocycles. The number of benzene rings is 1. The molecule has 0 heterocycles. The molecule has 0 atom stereocenters. The molecule has 0 fully saturated rings. The lowest BCUT2D eigenvalue weighted by atomic mass is 10.0. The summed E-state index contributed by atoms with van der Waals surface area (Å²) in [5.41, 5.74) is 8.37. The zero-order chi connectivity index (χ0) is 12.5. The van der Waals surface area contributed by atoms with Gasteiger partial charge in [0.25, 0.3) is 0 Å². The number of unbranched alkanes of at least 4 members (excludes halogenated alkanes) is 5. The Balaban J connectivity index is 2.14. The van der Waals surface area contributed by atoms with Crippen LogP contribution in [0.4, 0.5) is 0 Å². The van der Waals surface area contributed by atoms with Crippen LogP contribution in [0.1, 0.15) is 49.7 Å². The van der Waals surface area contributed by atoms with E-state index in [1.54, 1.807) is 0 Å². The van der Waals surface area contributed by atoms with Gasteiger partial charge >= 0.3 is 0 Å². The van der Waals surface area contributed by atoms with E-state index in [-0.39, 0.29) is 0 Å². The van der Waals surface area contributed by atoms with Crippen molar-refractivity contribution in [3.8, 4) is 0 Å². The molecule has 1 rings (SSSR count). The minimum atomic E-state index is 0.845. The largest absolute Gasteiger partial charge is 0.330 e. The van der Waals surface area contributed by atoms with Gasteiger partial charge in [-0.3, -0.25) is 0 Å². The van der Waals surface area contributed by atoms with Crippen LogP contribution in [0.5, 0.6) is 0 Å². The lowest BCUT2D eigenvalue weighted by Gasteiger charge is -2.06. The molecule has 0 bridgehead atoms. The summed E-state index contributed by atoms with van der Waals surface area (Å²) >= 11 is 3.50. The van der Waals surface area contributed by atoms with Crippen LogP contribution < -0.4 is 5.73 Å². The lowest BCUT2D eigenvalue weighted by Crippen LogP contribution is -1.97. The highest BCUT2D eigenvalue weighted by atomic mass is 79.9. The van der Waals surface area contributed by atoms with Gasteiger partial charge in [-0.1, -0.05) is 47.7 Å². The molecule has 0 spiro atoms. The van der Waals surface area contributed by atoms with Crippen molar-refractivity contribution in [3.63, 3.8) is 0 Å². The minimum Gasteiger partial charge on any atom is -0.330 e. The zero-order valence-electron chi connectivity index (χ0n) is 10.8. The fourth-order valence-corrected chi connectivity index (χ4v) is 2.58. The first-order valence-corrected chi connectivity index (χ1v) is 7.48. The van der Waals surface area contributed by atoms with Gasteiger partial charge in [0.2, 0.25) is 0 Å². The fourth-order valence-electron chi connectivity index (χ4n) is 2.11. The summed E-state index contributed by atoms with van der Waals surface area (Å²) in [4.78, 5) is 0. The molecule has 2 N–H and O–H groups in total. The summed E-state index contributed by atoms with van der Waals surface area (Å²) in [5, 5.41) is 0. The number of hydrogen-bond donors (Lipinski definition) is 1. The Bertz CT molecular complexity index is 323. The van der Waals surface area contributed by atoms with Crippen molar-refractivity contribution >= 4 is 15.9 Å².